The summed E-state index contributed by atoms with van der Waals surface area (Å²) in [7, 11) is 0. The second-order valence-corrected chi connectivity index (χ2v) is 3.92. The number of nitrogens with zero attached hydrogens (tertiary/aromatic N) is 1. The summed E-state index contributed by atoms with van der Waals surface area (Å²) in [6.45, 7) is 7.55. The van der Waals surface area contributed by atoms with Gasteiger partial charge in [0.05, 0.1) is 5.03 Å². The summed E-state index contributed by atoms with van der Waals surface area (Å²) in [5.74, 6) is -0.361. The molecule has 0 aromatic heterocycles. The van der Waals surface area contributed by atoms with Gasteiger partial charge in [-0.3, -0.25) is 4.99 Å². The quantitative estimate of drug-likeness (QED) is 0.487. The van der Waals surface area contributed by atoms with Gasteiger partial charge in [-0.1, -0.05) is 24.1 Å². The van der Waals surface area contributed by atoms with Crippen molar-refractivity contribution in [2.75, 3.05) is 0 Å². The fourth-order valence-electron chi connectivity index (χ4n) is 0.750. The van der Waals surface area contributed by atoms with E-state index in [2.05, 4.69) is 4.99 Å². The maximum atomic E-state index is 13.1. The zero-order valence-corrected chi connectivity index (χ0v) is 10.4. The van der Waals surface area contributed by atoms with Gasteiger partial charge in [0, 0.05) is 11.9 Å². The monoisotopic (exact) mass is 229 g/mol. The van der Waals surface area contributed by atoms with Crippen molar-refractivity contribution < 1.29 is 4.39 Å². The maximum absolute atomic E-state index is 13.1. The number of allylic oxidation sites excluding steroid dienone is 5. The molecular formula is C12H17ClFN. The molecule has 15 heavy (non-hydrogen) atoms. The molecule has 0 fully saturated rings. The van der Waals surface area contributed by atoms with E-state index in [1.807, 2.05) is 27.7 Å². The average molecular weight is 230 g/mol. The highest BCUT2D eigenvalue weighted by atomic mass is 35.5. The minimum absolute atomic E-state index is 0.290. The molecule has 3 heteroatoms. The summed E-state index contributed by atoms with van der Waals surface area (Å²) in [6, 6.07) is 0. The van der Waals surface area contributed by atoms with Crippen LogP contribution in [0.15, 0.2) is 39.8 Å². The van der Waals surface area contributed by atoms with Crippen molar-refractivity contribution in [3.8, 4) is 0 Å². The van der Waals surface area contributed by atoms with Crippen LogP contribution in [0.2, 0.25) is 0 Å². The minimum Gasteiger partial charge on any atom is -0.264 e. The lowest BCUT2D eigenvalue weighted by atomic mass is 10.3. The molecule has 0 heterocycles. The summed E-state index contributed by atoms with van der Waals surface area (Å²) in [4.78, 5) is 4.07. The summed E-state index contributed by atoms with van der Waals surface area (Å²) >= 11 is 5.77. The van der Waals surface area contributed by atoms with Crippen molar-refractivity contribution in [2.24, 2.45) is 4.99 Å². The summed E-state index contributed by atoms with van der Waals surface area (Å²) in [6.07, 6.45) is 4.99. The van der Waals surface area contributed by atoms with E-state index in [-0.39, 0.29) is 10.9 Å². The Balaban J connectivity index is 4.60. The molecule has 0 aromatic rings. The predicted octanol–water partition coefficient (Wildman–Crippen LogP) is 4.76. The standard InChI is InChI=1S/C12H17ClFN/c1-5-10(4)15-8-11(13)7-12(14)6-9(2)3/h6-8H,5H2,1-4H3/b11-8-,12-7+,15-10?. The second kappa shape index (κ2) is 7.41. The van der Waals surface area contributed by atoms with Gasteiger partial charge in [0.1, 0.15) is 5.83 Å². The van der Waals surface area contributed by atoms with Crippen molar-refractivity contribution in [2.45, 2.75) is 34.1 Å². The Morgan fingerprint density at radius 3 is 2.33 bits per heavy atom. The van der Waals surface area contributed by atoms with E-state index >= 15 is 0 Å². The van der Waals surface area contributed by atoms with E-state index in [1.165, 1.54) is 18.4 Å². The van der Waals surface area contributed by atoms with E-state index in [0.29, 0.717) is 0 Å². The summed E-state index contributed by atoms with van der Waals surface area (Å²) < 4.78 is 13.1. The van der Waals surface area contributed by atoms with Crippen molar-refractivity contribution in [3.63, 3.8) is 0 Å². The molecule has 84 valence electrons. The van der Waals surface area contributed by atoms with Crippen LogP contribution in [0.3, 0.4) is 0 Å². The van der Waals surface area contributed by atoms with Crippen LogP contribution in [0.1, 0.15) is 34.1 Å². The Morgan fingerprint density at radius 2 is 1.87 bits per heavy atom. The number of aliphatic imine (C=N–C) groups is 1. The van der Waals surface area contributed by atoms with Gasteiger partial charge >= 0.3 is 0 Å². The first kappa shape index (κ1) is 14.1. The molecule has 0 amide bonds. The van der Waals surface area contributed by atoms with Crippen LogP contribution >= 0.6 is 11.6 Å². The largest absolute Gasteiger partial charge is 0.264 e. The highest BCUT2D eigenvalue weighted by Gasteiger charge is 1.92. The number of hydrogen-bond donors (Lipinski definition) is 0. The molecule has 0 aromatic carbocycles. The lowest BCUT2D eigenvalue weighted by Crippen LogP contribution is -1.84. The Hall–Kier alpha value is -0.890. The molecule has 1 nitrogen and oxygen atoms in total. The maximum Gasteiger partial charge on any atom is 0.124 e. The molecule has 0 spiro atoms. The van der Waals surface area contributed by atoms with Crippen molar-refractivity contribution in [1.29, 1.82) is 0 Å². The molecule has 0 atom stereocenters. The van der Waals surface area contributed by atoms with E-state index in [4.69, 9.17) is 11.6 Å². The van der Waals surface area contributed by atoms with Crippen LogP contribution < -0.4 is 0 Å². The molecule has 0 N–H and O–H groups in total. The smallest absolute Gasteiger partial charge is 0.124 e. The lowest BCUT2D eigenvalue weighted by molar-refractivity contribution is 0.665. The molecule has 0 saturated heterocycles. The van der Waals surface area contributed by atoms with Gasteiger partial charge in [-0.05, 0) is 39.3 Å². The van der Waals surface area contributed by atoms with E-state index in [0.717, 1.165) is 17.7 Å². The van der Waals surface area contributed by atoms with Crippen LogP contribution in [-0.2, 0) is 0 Å². The lowest BCUT2D eigenvalue weighted by Gasteiger charge is -1.92. The topological polar surface area (TPSA) is 12.4 Å². The normalized spacial score (nSPS) is 14.1. The summed E-state index contributed by atoms with van der Waals surface area (Å²) in [5, 5.41) is 0.290. The Labute approximate surface area is 96.0 Å². The van der Waals surface area contributed by atoms with Crippen LogP contribution in [0.5, 0.6) is 0 Å². The molecule has 0 bridgehead atoms. The Kier molecular flexibility index (Phi) is 6.97. The highest BCUT2D eigenvalue weighted by molar-refractivity contribution is 6.31. The minimum atomic E-state index is -0.361. The van der Waals surface area contributed by atoms with Gasteiger partial charge < -0.3 is 0 Å². The van der Waals surface area contributed by atoms with Crippen molar-refractivity contribution in [3.05, 3.63) is 34.8 Å². The fraction of sp³-hybridized carbons (Fsp3) is 0.417. The first-order chi connectivity index (χ1) is 6.95. The summed E-state index contributed by atoms with van der Waals surface area (Å²) in [5.41, 5.74) is 1.85. The van der Waals surface area contributed by atoms with E-state index in [9.17, 15) is 4.39 Å². The van der Waals surface area contributed by atoms with Crippen LogP contribution in [0, 0.1) is 0 Å². The Morgan fingerprint density at radius 1 is 1.27 bits per heavy atom. The molecule has 0 saturated carbocycles. The van der Waals surface area contributed by atoms with Gasteiger partial charge in [-0.25, -0.2) is 4.39 Å². The molecule has 0 aliphatic rings. The zero-order valence-electron chi connectivity index (χ0n) is 9.64. The van der Waals surface area contributed by atoms with Crippen LogP contribution in [-0.4, -0.2) is 5.71 Å². The zero-order chi connectivity index (χ0) is 11.8. The van der Waals surface area contributed by atoms with Gasteiger partial charge in [-0.2, -0.15) is 0 Å². The number of rotatable bonds is 4. The van der Waals surface area contributed by atoms with Gasteiger partial charge in [-0.15, -0.1) is 0 Å². The van der Waals surface area contributed by atoms with Gasteiger partial charge in [0.25, 0.3) is 0 Å². The SMILES string of the molecule is CCC(C)=N/C=C(Cl)/C=C(/F)C=C(C)C. The molecule has 0 aliphatic carbocycles. The molecule has 0 unspecified atom stereocenters. The number of halogens is 2. The number of hydrogen-bond acceptors (Lipinski definition) is 1. The van der Waals surface area contributed by atoms with E-state index in [1.54, 1.807) is 0 Å². The second-order valence-electron chi connectivity index (χ2n) is 3.48. The Bertz CT molecular complexity index is 321. The van der Waals surface area contributed by atoms with Gasteiger partial charge in [0.15, 0.2) is 0 Å². The molecule has 0 aliphatic heterocycles. The fourth-order valence-corrected chi connectivity index (χ4v) is 0.903. The first-order valence-electron chi connectivity index (χ1n) is 4.86. The van der Waals surface area contributed by atoms with Gasteiger partial charge in [0.2, 0.25) is 0 Å². The van der Waals surface area contributed by atoms with Crippen molar-refractivity contribution >= 4 is 17.3 Å². The average Bonchev–Trinajstić information content (AvgIpc) is 2.12. The van der Waals surface area contributed by atoms with E-state index < -0.39 is 0 Å². The van der Waals surface area contributed by atoms with Crippen LogP contribution in [0.25, 0.3) is 0 Å². The first-order valence-corrected chi connectivity index (χ1v) is 5.24. The molecule has 0 rings (SSSR count). The third-order valence-electron chi connectivity index (χ3n) is 1.62. The third-order valence-corrected chi connectivity index (χ3v) is 1.83. The molecule has 0 radical (unpaired) electrons. The third kappa shape index (κ3) is 8.13. The predicted molar refractivity (Wildman–Crippen MR) is 66.0 cm³/mol. The molecular weight excluding hydrogens is 213 g/mol. The van der Waals surface area contributed by atoms with Crippen molar-refractivity contribution in [1.82, 2.24) is 0 Å². The highest BCUT2D eigenvalue weighted by Crippen LogP contribution is 2.11. The van der Waals surface area contributed by atoms with Crippen LogP contribution in [0.4, 0.5) is 4.39 Å².